The highest BCUT2D eigenvalue weighted by Crippen LogP contribution is 2.35. The van der Waals surface area contributed by atoms with E-state index in [0.717, 1.165) is 29.1 Å². The lowest BCUT2D eigenvalue weighted by molar-refractivity contribution is -0.386. The number of esters is 1. The zero-order valence-corrected chi connectivity index (χ0v) is 16.9. The number of rotatable bonds is 6. The molecule has 0 saturated heterocycles. The fourth-order valence-corrected chi connectivity index (χ4v) is 3.49. The number of methoxy groups -OCH3 is 1. The van der Waals surface area contributed by atoms with E-state index in [2.05, 4.69) is 4.98 Å². The van der Waals surface area contributed by atoms with Crippen LogP contribution in [0.3, 0.4) is 0 Å². The number of fused-ring (bicyclic) bond motifs is 1. The number of benzene rings is 3. The largest absolute Gasteiger partial charge is 0.480 e. The Hall–Kier alpha value is -4.33. The molecule has 0 fully saturated rings. The predicted octanol–water partition coefficient (Wildman–Crippen LogP) is 5.31. The molecule has 0 unspecified atom stereocenters. The first-order chi connectivity index (χ1) is 15.5. The lowest BCUT2D eigenvalue weighted by atomic mass is 9.94. The Morgan fingerprint density at radius 1 is 1.06 bits per heavy atom. The van der Waals surface area contributed by atoms with Gasteiger partial charge >= 0.3 is 11.7 Å². The van der Waals surface area contributed by atoms with E-state index in [-0.39, 0.29) is 23.6 Å². The van der Waals surface area contributed by atoms with Gasteiger partial charge in [0.1, 0.15) is 12.4 Å². The molecule has 0 radical (unpaired) electrons. The highest BCUT2D eigenvalue weighted by atomic mass is 19.1. The molecule has 4 aromatic rings. The van der Waals surface area contributed by atoms with Gasteiger partial charge in [-0.05, 0) is 17.7 Å². The Bertz CT molecular complexity index is 1330. The molecular formula is C24H17FN2O5. The van der Waals surface area contributed by atoms with Gasteiger partial charge in [-0.25, -0.2) is 14.2 Å². The van der Waals surface area contributed by atoms with Gasteiger partial charge in [0.15, 0.2) is 5.75 Å². The third kappa shape index (κ3) is 3.98. The summed E-state index contributed by atoms with van der Waals surface area (Å²) in [6.45, 7) is -0.306. The Balaban J connectivity index is 1.90. The van der Waals surface area contributed by atoms with Gasteiger partial charge in [0, 0.05) is 23.1 Å². The molecule has 8 heteroatoms. The summed E-state index contributed by atoms with van der Waals surface area (Å²) in [5.74, 6) is -1.58. The first-order valence-electron chi connectivity index (χ1n) is 9.61. The number of pyridine rings is 1. The molecule has 4 rings (SSSR count). The zero-order chi connectivity index (χ0) is 22.7. The maximum absolute atomic E-state index is 13.7. The average Bonchev–Trinajstić information content (AvgIpc) is 2.81. The summed E-state index contributed by atoms with van der Waals surface area (Å²) in [5.41, 5.74) is 1.98. The second kappa shape index (κ2) is 8.81. The molecule has 3 aromatic carbocycles. The van der Waals surface area contributed by atoms with Crippen molar-refractivity contribution in [3.63, 3.8) is 0 Å². The van der Waals surface area contributed by atoms with Crippen molar-refractivity contribution < 1.29 is 23.6 Å². The molecule has 0 saturated carbocycles. The molecule has 0 amide bonds. The molecule has 0 spiro atoms. The van der Waals surface area contributed by atoms with Crippen LogP contribution < -0.4 is 4.74 Å². The third-order valence-corrected chi connectivity index (χ3v) is 4.90. The monoisotopic (exact) mass is 432 g/mol. The van der Waals surface area contributed by atoms with E-state index in [1.807, 2.05) is 48.5 Å². The molecule has 160 valence electrons. The fraction of sp³-hybridized carbons (Fsp3) is 0.0833. The van der Waals surface area contributed by atoms with Crippen LogP contribution in [-0.2, 0) is 11.3 Å². The Morgan fingerprint density at radius 2 is 1.78 bits per heavy atom. The van der Waals surface area contributed by atoms with Gasteiger partial charge in [-0.2, -0.15) is 0 Å². The van der Waals surface area contributed by atoms with Crippen molar-refractivity contribution in [3.8, 4) is 16.9 Å². The minimum Gasteiger partial charge on any atom is -0.480 e. The lowest BCUT2D eigenvalue weighted by Crippen LogP contribution is -2.13. The Kier molecular flexibility index (Phi) is 5.76. The molecule has 32 heavy (non-hydrogen) atoms. The van der Waals surface area contributed by atoms with Crippen molar-refractivity contribution >= 4 is 22.6 Å². The van der Waals surface area contributed by atoms with E-state index in [1.165, 1.54) is 7.11 Å². The van der Waals surface area contributed by atoms with Crippen molar-refractivity contribution in [2.45, 2.75) is 6.61 Å². The molecule has 0 atom stereocenters. The lowest BCUT2D eigenvalue weighted by Gasteiger charge is -2.16. The molecule has 1 aromatic heterocycles. The van der Waals surface area contributed by atoms with Gasteiger partial charge in [0.05, 0.1) is 28.8 Å². The minimum absolute atomic E-state index is 0.177. The maximum atomic E-state index is 13.7. The quantitative estimate of drug-likeness (QED) is 0.233. The number of nitro benzene ring substituents is 1. The van der Waals surface area contributed by atoms with Gasteiger partial charge < -0.3 is 9.47 Å². The molecule has 0 aliphatic carbocycles. The van der Waals surface area contributed by atoms with Gasteiger partial charge in [-0.15, -0.1) is 0 Å². The van der Waals surface area contributed by atoms with Crippen LogP contribution in [0.15, 0.2) is 72.8 Å². The van der Waals surface area contributed by atoms with Crippen LogP contribution in [0.4, 0.5) is 10.1 Å². The van der Waals surface area contributed by atoms with Gasteiger partial charge in [0.2, 0.25) is 0 Å². The molecule has 1 heterocycles. The number of aromatic nitrogens is 1. The number of halogens is 1. The fourth-order valence-electron chi connectivity index (χ4n) is 3.49. The van der Waals surface area contributed by atoms with E-state index in [0.29, 0.717) is 11.1 Å². The smallest absolute Gasteiger partial charge is 0.340 e. The van der Waals surface area contributed by atoms with Crippen LogP contribution in [0.5, 0.6) is 5.75 Å². The maximum Gasteiger partial charge on any atom is 0.340 e. The molecule has 0 bridgehead atoms. The second-order valence-corrected chi connectivity index (χ2v) is 6.84. The SMILES string of the molecule is COC(=O)c1c(COc2cc(F)ccc2[N+](=O)[O-])nc2ccccc2c1-c1ccccc1. The number of ether oxygens (including phenoxy) is 2. The number of para-hydroxylation sites is 1. The first kappa shape index (κ1) is 20.9. The summed E-state index contributed by atoms with van der Waals surface area (Å²) >= 11 is 0. The summed E-state index contributed by atoms with van der Waals surface area (Å²) in [5, 5.41) is 12.0. The summed E-state index contributed by atoms with van der Waals surface area (Å²) in [6, 6.07) is 19.5. The summed E-state index contributed by atoms with van der Waals surface area (Å²) in [7, 11) is 1.26. The van der Waals surface area contributed by atoms with Gasteiger partial charge in [0.25, 0.3) is 0 Å². The molecule has 7 nitrogen and oxygen atoms in total. The Labute approximate surface area is 182 Å². The predicted molar refractivity (Wildman–Crippen MR) is 116 cm³/mol. The van der Waals surface area contributed by atoms with E-state index in [4.69, 9.17) is 9.47 Å². The number of hydrogen-bond acceptors (Lipinski definition) is 6. The zero-order valence-electron chi connectivity index (χ0n) is 16.9. The van der Waals surface area contributed by atoms with Crippen molar-refractivity contribution in [2.24, 2.45) is 0 Å². The number of hydrogen-bond donors (Lipinski definition) is 0. The van der Waals surface area contributed by atoms with Crippen LogP contribution in [0.1, 0.15) is 16.1 Å². The van der Waals surface area contributed by atoms with E-state index in [9.17, 15) is 19.3 Å². The van der Waals surface area contributed by atoms with Crippen molar-refractivity contribution in [1.29, 1.82) is 0 Å². The van der Waals surface area contributed by atoms with Crippen molar-refractivity contribution in [3.05, 3.63) is 100.0 Å². The van der Waals surface area contributed by atoms with Crippen molar-refractivity contribution in [2.75, 3.05) is 7.11 Å². The Morgan fingerprint density at radius 3 is 2.50 bits per heavy atom. The summed E-state index contributed by atoms with van der Waals surface area (Å²) in [4.78, 5) is 28.0. The minimum atomic E-state index is -0.685. The average molecular weight is 432 g/mol. The molecule has 0 aliphatic rings. The van der Waals surface area contributed by atoms with Crippen LogP contribution >= 0.6 is 0 Å². The highest BCUT2D eigenvalue weighted by Gasteiger charge is 2.24. The summed E-state index contributed by atoms with van der Waals surface area (Å²) in [6.07, 6.45) is 0. The number of carbonyl (C=O) groups is 1. The highest BCUT2D eigenvalue weighted by molar-refractivity contribution is 6.07. The molecule has 0 aliphatic heterocycles. The summed E-state index contributed by atoms with van der Waals surface area (Å²) < 4.78 is 24.3. The topological polar surface area (TPSA) is 91.6 Å². The first-order valence-corrected chi connectivity index (χ1v) is 9.61. The van der Waals surface area contributed by atoms with Crippen molar-refractivity contribution in [1.82, 2.24) is 4.98 Å². The molecular weight excluding hydrogens is 415 g/mol. The van der Waals surface area contributed by atoms with E-state index in [1.54, 1.807) is 6.07 Å². The van der Waals surface area contributed by atoms with Crippen LogP contribution in [0, 0.1) is 15.9 Å². The van der Waals surface area contributed by atoms with Crippen LogP contribution in [0.25, 0.3) is 22.0 Å². The number of nitro groups is 1. The third-order valence-electron chi connectivity index (χ3n) is 4.90. The van der Waals surface area contributed by atoms with Crippen LogP contribution in [0.2, 0.25) is 0 Å². The van der Waals surface area contributed by atoms with E-state index < -0.39 is 22.4 Å². The number of carbonyl (C=O) groups excluding carboxylic acids is 1. The van der Waals surface area contributed by atoms with Gasteiger partial charge in [-0.1, -0.05) is 48.5 Å². The standard InChI is InChI=1S/C24H17FN2O5/c1-31-24(28)23-19(14-32-21-13-16(25)11-12-20(21)27(29)30)26-18-10-6-5-9-17(18)22(23)15-7-3-2-4-8-15/h2-13H,14H2,1H3. The number of nitrogens with zero attached hydrogens (tertiary/aromatic N) is 2. The van der Waals surface area contributed by atoms with Gasteiger partial charge in [-0.3, -0.25) is 10.1 Å². The normalized spacial score (nSPS) is 10.7. The van der Waals surface area contributed by atoms with Crippen LogP contribution in [-0.4, -0.2) is 23.0 Å². The molecule has 0 N–H and O–H groups in total. The van der Waals surface area contributed by atoms with E-state index >= 15 is 0 Å². The second-order valence-electron chi connectivity index (χ2n) is 6.84.